The van der Waals surface area contributed by atoms with Crippen molar-refractivity contribution in [2.75, 3.05) is 5.01 Å². The second-order valence-corrected chi connectivity index (χ2v) is 6.83. The van der Waals surface area contributed by atoms with Crippen LogP contribution in [-0.2, 0) is 9.59 Å². The number of amides is 2. The molecule has 2 aromatic rings. The molecule has 1 saturated heterocycles. The Labute approximate surface area is 148 Å². The molecule has 1 atom stereocenters. The van der Waals surface area contributed by atoms with Crippen LogP contribution in [0.2, 0.25) is 0 Å². The molecule has 0 saturated carbocycles. The first kappa shape index (κ1) is 15.6. The Bertz CT molecular complexity index is 911. The van der Waals surface area contributed by atoms with Crippen LogP contribution in [0.15, 0.2) is 70.8 Å². The predicted molar refractivity (Wildman–Crippen MR) is 99.0 cm³/mol. The van der Waals surface area contributed by atoms with E-state index in [2.05, 4.69) is 15.4 Å². The first-order valence-corrected chi connectivity index (χ1v) is 8.52. The number of nitrogens with one attached hydrogen (secondary N) is 1. The fourth-order valence-electron chi connectivity index (χ4n) is 2.77. The third-order valence-electron chi connectivity index (χ3n) is 4.03. The van der Waals surface area contributed by atoms with Crippen molar-refractivity contribution in [3.05, 3.63) is 60.7 Å². The summed E-state index contributed by atoms with van der Waals surface area (Å²) in [6.45, 7) is 1.69. The Morgan fingerprint density at radius 3 is 2.36 bits per heavy atom. The molecule has 7 heteroatoms. The number of para-hydroxylation sites is 2. The van der Waals surface area contributed by atoms with Gasteiger partial charge in [-0.3, -0.25) is 9.59 Å². The molecule has 2 aliphatic rings. The average Bonchev–Trinajstić information content (AvgIpc) is 3.09. The highest BCUT2D eigenvalue weighted by atomic mass is 32.2. The zero-order valence-corrected chi connectivity index (χ0v) is 14.2. The number of hydrogen-bond acceptors (Lipinski definition) is 5. The SMILES string of the molecule is CC1=NN(c2ccccc2)C(=O)C12SC(=Nc1ccccc1)NC2=O. The number of benzene rings is 2. The number of rotatable bonds is 2. The molecular formula is C18H14N4O2S. The number of hydrogen-bond donors (Lipinski definition) is 1. The number of nitrogens with zero attached hydrogens (tertiary/aromatic N) is 3. The minimum atomic E-state index is -1.39. The number of carbonyl (C=O) groups is 2. The Balaban J connectivity index is 1.68. The lowest BCUT2D eigenvalue weighted by molar-refractivity contribution is -0.127. The molecule has 2 aliphatic heterocycles. The summed E-state index contributed by atoms with van der Waals surface area (Å²) in [5.74, 6) is -0.783. The van der Waals surface area contributed by atoms with E-state index < -0.39 is 10.7 Å². The molecule has 1 N–H and O–H groups in total. The van der Waals surface area contributed by atoms with Gasteiger partial charge in [0, 0.05) is 0 Å². The van der Waals surface area contributed by atoms with Gasteiger partial charge in [-0.15, -0.1) is 0 Å². The van der Waals surface area contributed by atoms with Gasteiger partial charge in [-0.05, 0) is 31.2 Å². The van der Waals surface area contributed by atoms with Gasteiger partial charge in [0.25, 0.3) is 11.8 Å². The second kappa shape index (κ2) is 5.86. The Hall–Kier alpha value is -2.93. The summed E-state index contributed by atoms with van der Waals surface area (Å²) >= 11 is 1.11. The molecule has 0 radical (unpaired) electrons. The van der Waals surface area contributed by atoms with Crippen molar-refractivity contribution in [1.82, 2.24) is 5.32 Å². The van der Waals surface area contributed by atoms with Gasteiger partial charge >= 0.3 is 0 Å². The summed E-state index contributed by atoms with van der Waals surface area (Å²) in [4.78, 5) is 30.1. The van der Waals surface area contributed by atoms with Crippen LogP contribution in [0.1, 0.15) is 6.92 Å². The predicted octanol–water partition coefficient (Wildman–Crippen LogP) is 2.70. The summed E-state index contributed by atoms with van der Waals surface area (Å²) in [6, 6.07) is 18.3. The topological polar surface area (TPSA) is 74.1 Å². The number of anilines is 1. The van der Waals surface area contributed by atoms with Crippen molar-refractivity contribution < 1.29 is 9.59 Å². The van der Waals surface area contributed by atoms with E-state index in [1.54, 1.807) is 19.1 Å². The van der Waals surface area contributed by atoms with Gasteiger partial charge in [0.1, 0.15) is 0 Å². The first-order valence-electron chi connectivity index (χ1n) is 7.71. The highest BCUT2D eigenvalue weighted by Gasteiger charge is 2.61. The van der Waals surface area contributed by atoms with Crippen molar-refractivity contribution in [3.63, 3.8) is 0 Å². The van der Waals surface area contributed by atoms with Crippen molar-refractivity contribution in [2.45, 2.75) is 11.7 Å². The molecule has 2 amide bonds. The van der Waals surface area contributed by atoms with E-state index in [0.717, 1.165) is 11.8 Å². The second-order valence-electron chi connectivity index (χ2n) is 5.63. The van der Waals surface area contributed by atoms with Crippen LogP contribution in [0, 0.1) is 0 Å². The molecule has 124 valence electrons. The highest BCUT2D eigenvalue weighted by molar-refractivity contribution is 8.17. The summed E-state index contributed by atoms with van der Waals surface area (Å²) in [7, 11) is 0. The van der Waals surface area contributed by atoms with Gasteiger partial charge in [-0.25, -0.2) is 4.99 Å². The first-order chi connectivity index (χ1) is 12.1. The van der Waals surface area contributed by atoms with E-state index >= 15 is 0 Å². The molecule has 1 fully saturated rings. The zero-order chi connectivity index (χ0) is 17.4. The average molecular weight is 350 g/mol. The minimum Gasteiger partial charge on any atom is -0.303 e. The zero-order valence-electron chi connectivity index (χ0n) is 13.3. The molecule has 2 aromatic carbocycles. The van der Waals surface area contributed by atoms with Crippen molar-refractivity contribution in [2.24, 2.45) is 10.1 Å². The standard InChI is InChI=1S/C18H14N4O2S/c1-12-18(16(24)22(21-12)14-10-6-3-7-11-14)15(23)20-17(25-18)19-13-8-4-2-5-9-13/h2-11H,1H3,(H,19,20,23). The van der Waals surface area contributed by atoms with Crippen LogP contribution in [0.4, 0.5) is 11.4 Å². The smallest absolute Gasteiger partial charge is 0.279 e. The van der Waals surface area contributed by atoms with Gasteiger partial charge < -0.3 is 5.32 Å². The molecule has 4 rings (SSSR count). The fraction of sp³-hybridized carbons (Fsp3) is 0.111. The van der Waals surface area contributed by atoms with Crippen LogP contribution < -0.4 is 10.3 Å². The van der Waals surface area contributed by atoms with Crippen LogP contribution in [-0.4, -0.2) is 27.4 Å². The molecule has 0 aliphatic carbocycles. The molecular weight excluding hydrogens is 336 g/mol. The monoisotopic (exact) mass is 350 g/mol. The van der Waals surface area contributed by atoms with Crippen LogP contribution >= 0.6 is 11.8 Å². The van der Waals surface area contributed by atoms with E-state index in [1.165, 1.54) is 5.01 Å². The van der Waals surface area contributed by atoms with Crippen LogP contribution in [0.25, 0.3) is 0 Å². The quantitative estimate of drug-likeness (QED) is 0.846. The van der Waals surface area contributed by atoms with Crippen molar-refractivity contribution in [1.29, 1.82) is 0 Å². The lowest BCUT2D eigenvalue weighted by atomic mass is 10.0. The van der Waals surface area contributed by atoms with E-state index in [9.17, 15) is 9.59 Å². The van der Waals surface area contributed by atoms with E-state index in [1.807, 2.05) is 48.5 Å². The Morgan fingerprint density at radius 1 is 1.04 bits per heavy atom. The molecule has 25 heavy (non-hydrogen) atoms. The van der Waals surface area contributed by atoms with Crippen LogP contribution in [0.5, 0.6) is 0 Å². The van der Waals surface area contributed by atoms with Crippen molar-refractivity contribution in [3.8, 4) is 0 Å². The highest BCUT2D eigenvalue weighted by Crippen LogP contribution is 2.41. The van der Waals surface area contributed by atoms with Gasteiger partial charge in [-0.1, -0.05) is 48.2 Å². The number of carbonyl (C=O) groups excluding carboxylic acids is 2. The summed E-state index contributed by atoms with van der Waals surface area (Å²) in [6.07, 6.45) is 0. The molecule has 0 aromatic heterocycles. The van der Waals surface area contributed by atoms with Gasteiger partial charge in [-0.2, -0.15) is 10.1 Å². The lowest BCUT2D eigenvalue weighted by Gasteiger charge is -2.18. The number of hydrazone groups is 1. The summed E-state index contributed by atoms with van der Waals surface area (Å²) in [5.41, 5.74) is 1.79. The largest absolute Gasteiger partial charge is 0.303 e. The lowest BCUT2D eigenvalue weighted by Crippen LogP contribution is -2.49. The summed E-state index contributed by atoms with van der Waals surface area (Å²) < 4.78 is -1.39. The Morgan fingerprint density at radius 2 is 1.68 bits per heavy atom. The van der Waals surface area contributed by atoms with E-state index in [-0.39, 0.29) is 5.91 Å². The van der Waals surface area contributed by atoms with E-state index in [4.69, 9.17) is 0 Å². The fourth-order valence-corrected chi connectivity index (χ4v) is 3.86. The van der Waals surface area contributed by atoms with Gasteiger partial charge in [0.05, 0.1) is 17.1 Å². The number of amidine groups is 1. The minimum absolute atomic E-state index is 0.378. The maximum Gasteiger partial charge on any atom is 0.279 e. The number of aliphatic imine (C=N–C) groups is 1. The van der Waals surface area contributed by atoms with E-state index in [0.29, 0.717) is 22.3 Å². The summed E-state index contributed by atoms with van der Waals surface area (Å²) in [5, 5.41) is 8.73. The third kappa shape index (κ3) is 2.44. The number of thioether (sulfide) groups is 1. The van der Waals surface area contributed by atoms with Crippen molar-refractivity contribution >= 4 is 45.8 Å². The maximum absolute atomic E-state index is 13.0. The normalized spacial score (nSPS) is 24.1. The Kier molecular flexibility index (Phi) is 3.65. The van der Waals surface area contributed by atoms with Gasteiger partial charge in [0.15, 0.2) is 5.17 Å². The molecule has 2 heterocycles. The van der Waals surface area contributed by atoms with Gasteiger partial charge in [0.2, 0.25) is 4.75 Å². The molecule has 1 spiro atoms. The maximum atomic E-state index is 13.0. The van der Waals surface area contributed by atoms with Crippen LogP contribution in [0.3, 0.4) is 0 Å². The third-order valence-corrected chi connectivity index (χ3v) is 5.38. The molecule has 0 bridgehead atoms. The molecule has 6 nitrogen and oxygen atoms in total. The molecule has 1 unspecified atom stereocenters.